The molecule has 1 saturated heterocycles. The number of carbonyl (C=O) groups is 3. The number of anilines is 1. The van der Waals surface area contributed by atoms with Crippen LogP contribution in [0, 0.1) is 12.8 Å². The molecule has 0 N–H and O–H groups in total. The Kier molecular flexibility index (Phi) is 9.36. The van der Waals surface area contributed by atoms with Gasteiger partial charge in [-0.05, 0) is 62.6 Å². The summed E-state index contributed by atoms with van der Waals surface area (Å²) in [5.74, 6) is 0.0829. The van der Waals surface area contributed by atoms with E-state index in [1.807, 2.05) is 79.7 Å². The molecule has 204 valence electrons. The molecule has 0 radical (unpaired) electrons. The van der Waals surface area contributed by atoms with Crippen LogP contribution in [-0.2, 0) is 27.3 Å². The summed E-state index contributed by atoms with van der Waals surface area (Å²) in [7, 11) is 1.62. The second-order valence-corrected chi connectivity index (χ2v) is 9.84. The zero-order valence-electron chi connectivity index (χ0n) is 22.9. The predicted octanol–water partition coefficient (Wildman–Crippen LogP) is 5.19. The molecule has 3 aromatic rings. The third-order valence-corrected chi connectivity index (χ3v) is 7.06. The Morgan fingerprint density at radius 3 is 2.38 bits per heavy atom. The van der Waals surface area contributed by atoms with Gasteiger partial charge in [0.1, 0.15) is 5.75 Å². The van der Waals surface area contributed by atoms with Crippen LogP contribution in [0.3, 0.4) is 0 Å². The molecule has 1 heterocycles. The van der Waals surface area contributed by atoms with E-state index >= 15 is 0 Å². The summed E-state index contributed by atoms with van der Waals surface area (Å²) in [6.45, 7) is 5.49. The summed E-state index contributed by atoms with van der Waals surface area (Å²) in [6.07, 6.45) is 1.76. The van der Waals surface area contributed by atoms with Gasteiger partial charge in [0.25, 0.3) is 5.91 Å². The van der Waals surface area contributed by atoms with Gasteiger partial charge in [-0.25, -0.2) is 0 Å². The van der Waals surface area contributed by atoms with E-state index in [1.165, 1.54) is 0 Å². The molecule has 7 nitrogen and oxygen atoms in total. The first kappa shape index (κ1) is 27.9. The van der Waals surface area contributed by atoms with Crippen LogP contribution in [0.5, 0.6) is 5.75 Å². The van der Waals surface area contributed by atoms with Crippen LogP contribution in [0.4, 0.5) is 5.69 Å². The molecule has 2 amide bonds. The van der Waals surface area contributed by atoms with E-state index in [0.29, 0.717) is 37.6 Å². The third-order valence-electron chi connectivity index (χ3n) is 7.06. The molecule has 0 unspecified atom stereocenters. The normalized spacial score (nSPS) is 14.9. The van der Waals surface area contributed by atoms with E-state index in [0.717, 1.165) is 35.2 Å². The van der Waals surface area contributed by atoms with E-state index in [2.05, 4.69) is 0 Å². The van der Waals surface area contributed by atoms with Gasteiger partial charge in [0.05, 0.1) is 32.6 Å². The number of ether oxygens (including phenoxy) is 2. The SMILES string of the molecule is CCOC(=O)[C@@H]1CCCN(C(=O)Cc2ccc(N(Cc3ccccc3OC)C(=O)c3ccc(C)cc3)cc2)C1. The Morgan fingerprint density at radius 1 is 0.974 bits per heavy atom. The van der Waals surface area contributed by atoms with Crippen molar-refractivity contribution in [2.45, 2.75) is 39.7 Å². The van der Waals surface area contributed by atoms with Crippen LogP contribution >= 0.6 is 0 Å². The Hall–Kier alpha value is -4.13. The minimum atomic E-state index is -0.263. The summed E-state index contributed by atoms with van der Waals surface area (Å²) in [4.78, 5) is 42.3. The fourth-order valence-corrected chi connectivity index (χ4v) is 4.87. The molecule has 1 atom stereocenters. The van der Waals surface area contributed by atoms with Gasteiger partial charge in [-0.3, -0.25) is 14.4 Å². The number of amides is 2. The lowest BCUT2D eigenvalue weighted by Gasteiger charge is -2.31. The molecule has 4 rings (SSSR count). The van der Waals surface area contributed by atoms with Crippen molar-refractivity contribution in [3.8, 4) is 5.75 Å². The van der Waals surface area contributed by atoms with Crippen molar-refractivity contribution < 1.29 is 23.9 Å². The number of hydrogen-bond donors (Lipinski definition) is 0. The molecule has 1 fully saturated rings. The number of benzene rings is 3. The maximum Gasteiger partial charge on any atom is 0.310 e. The van der Waals surface area contributed by atoms with Crippen LogP contribution in [0.1, 0.15) is 46.8 Å². The van der Waals surface area contributed by atoms with Gasteiger partial charge in [-0.15, -0.1) is 0 Å². The highest BCUT2D eigenvalue weighted by atomic mass is 16.5. The van der Waals surface area contributed by atoms with Crippen LogP contribution in [0.25, 0.3) is 0 Å². The fraction of sp³-hybridized carbons (Fsp3) is 0.344. The van der Waals surface area contributed by atoms with Crippen molar-refractivity contribution in [1.29, 1.82) is 0 Å². The van der Waals surface area contributed by atoms with Crippen LogP contribution in [0.15, 0.2) is 72.8 Å². The average molecular weight is 529 g/mol. The van der Waals surface area contributed by atoms with Crippen LogP contribution in [0.2, 0.25) is 0 Å². The maximum absolute atomic E-state index is 13.6. The highest BCUT2D eigenvalue weighted by molar-refractivity contribution is 6.06. The van der Waals surface area contributed by atoms with Crippen molar-refractivity contribution in [2.24, 2.45) is 5.92 Å². The number of methoxy groups -OCH3 is 1. The van der Waals surface area contributed by atoms with Gasteiger partial charge in [-0.2, -0.15) is 0 Å². The molecular weight excluding hydrogens is 492 g/mol. The number of nitrogens with zero attached hydrogens (tertiary/aromatic N) is 2. The van der Waals surface area contributed by atoms with Gasteiger partial charge in [0.15, 0.2) is 0 Å². The molecule has 1 aliphatic heterocycles. The van der Waals surface area contributed by atoms with Gasteiger partial charge in [0, 0.05) is 29.9 Å². The second-order valence-electron chi connectivity index (χ2n) is 9.84. The first-order valence-corrected chi connectivity index (χ1v) is 13.4. The molecule has 3 aromatic carbocycles. The molecule has 39 heavy (non-hydrogen) atoms. The second kappa shape index (κ2) is 13.1. The van der Waals surface area contributed by atoms with E-state index in [4.69, 9.17) is 9.47 Å². The van der Waals surface area contributed by atoms with Crippen molar-refractivity contribution in [1.82, 2.24) is 4.90 Å². The van der Waals surface area contributed by atoms with Crippen molar-refractivity contribution in [3.63, 3.8) is 0 Å². The zero-order valence-corrected chi connectivity index (χ0v) is 22.9. The number of hydrogen-bond acceptors (Lipinski definition) is 5. The summed E-state index contributed by atoms with van der Waals surface area (Å²) < 4.78 is 10.7. The molecule has 0 aromatic heterocycles. The number of likely N-dealkylation sites (tertiary alicyclic amines) is 1. The lowest BCUT2D eigenvalue weighted by Crippen LogP contribution is -2.43. The third kappa shape index (κ3) is 7.05. The largest absolute Gasteiger partial charge is 0.496 e. The van der Waals surface area contributed by atoms with Crippen molar-refractivity contribution in [2.75, 3.05) is 31.7 Å². The average Bonchev–Trinajstić information content (AvgIpc) is 2.97. The number of rotatable bonds is 9. The van der Waals surface area contributed by atoms with Crippen LogP contribution in [-0.4, -0.2) is 49.5 Å². The predicted molar refractivity (Wildman–Crippen MR) is 151 cm³/mol. The number of aryl methyl sites for hydroxylation is 1. The molecular formula is C32H36N2O5. The minimum Gasteiger partial charge on any atom is -0.496 e. The Morgan fingerprint density at radius 2 is 1.69 bits per heavy atom. The molecule has 1 aliphatic rings. The highest BCUT2D eigenvalue weighted by Crippen LogP contribution is 2.26. The topological polar surface area (TPSA) is 76.2 Å². The minimum absolute atomic E-state index is 0.0154. The molecule has 0 saturated carbocycles. The molecule has 7 heteroatoms. The Balaban J connectivity index is 1.51. The fourth-order valence-electron chi connectivity index (χ4n) is 4.87. The van der Waals surface area contributed by atoms with Gasteiger partial charge < -0.3 is 19.3 Å². The van der Waals surface area contributed by atoms with E-state index < -0.39 is 0 Å². The van der Waals surface area contributed by atoms with E-state index in [-0.39, 0.29) is 30.1 Å². The smallest absolute Gasteiger partial charge is 0.310 e. The van der Waals surface area contributed by atoms with E-state index in [9.17, 15) is 14.4 Å². The maximum atomic E-state index is 13.6. The number of esters is 1. The lowest BCUT2D eigenvalue weighted by atomic mass is 9.97. The monoisotopic (exact) mass is 528 g/mol. The standard InChI is InChI=1S/C32H36N2O5/c1-4-39-32(37)27-9-7-19-33(21-27)30(35)20-24-13-17-28(18-14-24)34(22-26-8-5-6-10-29(26)38-3)31(36)25-15-11-23(2)12-16-25/h5-6,8,10-18,27H,4,7,9,19-22H2,1-3H3/t27-/m1/s1. The first-order chi connectivity index (χ1) is 18.9. The summed E-state index contributed by atoms with van der Waals surface area (Å²) in [5.41, 5.74) is 4.14. The Labute approximate surface area is 230 Å². The molecule has 0 bridgehead atoms. The van der Waals surface area contributed by atoms with Gasteiger partial charge >= 0.3 is 5.97 Å². The van der Waals surface area contributed by atoms with Crippen molar-refractivity contribution in [3.05, 3.63) is 95.1 Å². The lowest BCUT2D eigenvalue weighted by molar-refractivity contribution is -0.151. The first-order valence-electron chi connectivity index (χ1n) is 13.4. The van der Waals surface area contributed by atoms with Gasteiger partial charge in [-0.1, -0.05) is 48.0 Å². The molecule has 0 spiro atoms. The number of para-hydroxylation sites is 1. The number of carbonyl (C=O) groups excluding carboxylic acids is 3. The zero-order chi connectivity index (χ0) is 27.8. The summed E-state index contributed by atoms with van der Waals surface area (Å²) >= 11 is 0. The molecule has 0 aliphatic carbocycles. The summed E-state index contributed by atoms with van der Waals surface area (Å²) in [5, 5.41) is 0. The highest BCUT2D eigenvalue weighted by Gasteiger charge is 2.29. The summed E-state index contributed by atoms with van der Waals surface area (Å²) in [6, 6.07) is 22.7. The van der Waals surface area contributed by atoms with Gasteiger partial charge in [0.2, 0.25) is 5.91 Å². The number of piperidine rings is 1. The van der Waals surface area contributed by atoms with E-state index in [1.54, 1.807) is 23.8 Å². The van der Waals surface area contributed by atoms with Crippen molar-refractivity contribution >= 4 is 23.5 Å². The van der Waals surface area contributed by atoms with Crippen LogP contribution < -0.4 is 9.64 Å². The Bertz CT molecular complexity index is 1290. The quantitative estimate of drug-likeness (QED) is 0.357.